The highest BCUT2D eigenvalue weighted by Crippen LogP contribution is 2.12. The molecule has 0 aliphatic heterocycles. The van der Waals surface area contributed by atoms with E-state index in [-0.39, 0.29) is 6.42 Å². The van der Waals surface area contributed by atoms with Gasteiger partial charge in [0.15, 0.2) is 0 Å². The normalized spacial score (nSPS) is 10.6. The van der Waals surface area contributed by atoms with Crippen LogP contribution in [0.4, 0.5) is 5.82 Å². The number of hydrogen-bond acceptors (Lipinski definition) is 5. The van der Waals surface area contributed by atoms with Gasteiger partial charge in [-0.2, -0.15) is 0 Å². The first-order valence-electron chi connectivity index (χ1n) is 7.99. The van der Waals surface area contributed by atoms with E-state index in [1.807, 2.05) is 49.5 Å². The minimum Gasteiger partial charge on any atom is -0.481 e. The number of nitrogens with zero attached hydrogens (tertiary/aromatic N) is 4. The van der Waals surface area contributed by atoms with Crippen molar-refractivity contribution in [2.75, 3.05) is 5.32 Å². The summed E-state index contributed by atoms with van der Waals surface area (Å²) < 4.78 is 1.70. The lowest BCUT2D eigenvalue weighted by atomic mass is 10.1. The molecule has 0 aliphatic carbocycles. The zero-order valence-electron chi connectivity index (χ0n) is 13.9. The molecule has 7 nitrogen and oxygen atoms in total. The summed E-state index contributed by atoms with van der Waals surface area (Å²) in [5.74, 6) is 0.0120. The Hall–Kier alpha value is -3.22. The van der Waals surface area contributed by atoms with Crippen molar-refractivity contribution in [2.24, 2.45) is 0 Å². The van der Waals surface area contributed by atoms with Crippen molar-refractivity contribution in [2.45, 2.75) is 26.3 Å². The molecule has 0 unspecified atom stereocenters. The fraction of sp³-hybridized carbons (Fsp3) is 0.222. The SMILES string of the molecule is Cc1ccnc(NCc2cn(-c3ccc(CCC(=O)O)cc3)nn2)c1. The van der Waals surface area contributed by atoms with Gasteiger partial charge in [-0.05, 0) is 48.7 Å². The summed E-state index contributed by atoms with van der Waals surface area (Å²) in [6.07, 6.45) is 4.27. The standard InChI is InChI=1S/C18H19N5O2/c1-13-8-9-19-17(10-13)20-11-15-12-23(22-21-15)16-5-2-14(3-6-16)4-7-18(24)25/h2-3,5-6,8-10,12H,4,7,11H2,1H3,(H,19,20)(H,24,25). The van der Waals surface area contributed by atoms with Crippen LogP contribution in [0, 0.1) is 6.92 Å². The summed E-state index contributed by atoms with van der Waals surface area (Å²) in [5.41, 5.74) is 3.81. The molecule has 0 spiro atoms. The lowest BCUT2D eigenvalue weighted by molar-refractivity contribution is -0.136. The van der Waals surface area contributed by atoms with E-state index in [0.717, 1.165) is 28.3 Å². The van der Waals surface area contributed by atoms with Crippen LogP contribution in [0.15, 0.2) is 48.8 Å². The van der Waals surface area contributed by atoms with Gasteiger partial charge in [-0.25, -0.2) is 9.67 Å². The van der Waals surface area contributed by atoms with Crippen LogP contribution < -0.4 is 5.32 Å². The van der Waals surface area contributed by atoms with Crippen LogP contribution in [0.25, 0.3) is 5.69 Å². The third kappa shape index (κ3) is 4.63. The van der Waals surface area contributed by atoms with Crippen molar-refractivity contribution >= 4 is 11.8 Å². The van der Waals surface area contributed by atoms with Crippen LogP contribution in [-0.2, 0) is 17.8 Å². The van der Waals surface area contributed by atoms with Gasteiger partial charge in [0.25, 0.3) is 0 Å². The van der Waals surface area contributed by atoms with E-state index >= 15 is 0 Å². The number of aryl methyl sites for hydroxylation is 2. The van der Waals surface area contributed by atoms with E-state index in [1.165, 1.54) is 0 Å². The van der Waals surface area contributed by atoms with Gasteiger partial charge in [0.05, 0.1) is 18.4 Å². The Morgan fingerprint density at radius 2 is 2.04 bits per heavy atom. The quantitative estimate of drug-likeness (QED) is 0.688. The fourth-order valence-electron chi connectivity index (χ4n) is 2.39. The van der Waals surface area contributed by atoms with Gasteiger partial charge in [0, 0.05) is 12.6 Å². The molecule has 0 bridgehead atoms. The van der Waals surface area contributed by atoms with Crippen LogP contribution >= 0.6 is 0 Å². The van der Waals surface area contributed by atoms with Crippen molar-refractivity contribution < 1.29 is 9.90 Å². The van der Waals surface area contributed by atoms with Crippen LogP contribution in [0.1, 0.15) is 23.2 Å². The van der Waals surface area contributed by atoms with E-state index in [4.69, 9.17) is 5.11 Å². The number of pyridine rings is 1. The van der Waals surface area contributed by atoms with Crippen molar-refractivity contribution in [3.63, 3.8) is 0 Å². The third-order valence-corrected chi connectivity index (χ3v) is 3.74. The maximum Gasteiger partial charge on any atom is 0.303 e. The number of aliphatic carboxylic acids is 1. The number of nitrogens with one attached hydrogen (secondary N) is 1. The number of anilines is 1. The largest absolute Gasteiger partial charge is 0.481 e. The highest BCUT2D eigenvalue weighted by Gasteiger charge is 2.05. The predicted molar refractivity (Wildman–Crippen MR) is 93.6 cm³/mol. The molecule has 0 aliphatic rings. The molecular weight excluding hydrogens is 318 g/mol. The van der Waals surface area contributed by atoms with Crippen molar-refractivity contribution in [3.05, 3.63) is 65.6 Å². The second kappa shape index (κ2) is 7.57. The second-order valence-corrected chi connectivity index (χ2v) is 5.79. The molecule has 3 rings (SSSR count). The van der Waals surface area contributed by atoms with Crippen molar-refractivity contribution in [1.82, 2.24) is 20.0 Å². The van der Waals surface area contributed by atoms with E-state index in [1.54, 1.807) is 10.9 Å². The Morgan fingerprint density at radius 1 is 1.24 bits per heavy atom. The number of benzene rings is 1. The molecule has 0 amide bonds. The Morgan fingerprint density at radius 3 is 2.76 bits per heavy atom. The number of carboxylic acids is 1. The van der Waals surface area contributed by atoms with Gasteiger partial charge in [-0.3, -0.25) is 4.79 Å². The molecule has 25 heavy (non-hydrogen) atoms. The first-order valence-corrected chi connectivity index (χ1v) is 7.99. The maximum atomic E-state index is 10.6. The number of hydrogen-bond donors (Lipinski definition) is 2. The summed E-state index contributed by atoms with van der Waals surface area (Å²) in [5, 5.41) is 20.2. The van der Waals surface area contributed by atoms with E-state index in [9.17, 15) is 4.79 Å². The van der Waals surface area contributed by atoms with Crippen LogP contribution in [0.2, 0.25) is 0 Å². The Labute approximate surface area is 145 Å². The summed E-state index contributed by atoms with van der Waals surface area (Å²) in [4.78, 5) is 14.9. The van der Waals surface area contributed by atoms with Crippen LogP contribution in [-0.4, -0.2) is 31.1 Å². The minimum absolute atomic E-state index is 0.130. The lowest BCUT2D eigenvalue weighted by Gasteiger charge is -2.04. The first kappa shape index (κ1) is 16.6. The average molecular weight is 337 g/mol. The Kier molecular flexibility index (Phi) is 5.03. The molecule has 7 heteroatoms. The summed E-state index contributed by atoms with van der Waals surface area (Å²) in [6.45, 7) is 2.55. The molecule has 3 aromatic rings. The third-order valence-electron chi connectivity index (χ3n) is 3.74. The lowest BCUT2D eigenvalue weighted by Crippen LogP contribution is -2.01. The minimum atomic E-state index is -0.791. The molecule has 2 heterocycles. The molecule has 0 saturated heterocycles. The van der Waals surface area contributed by atoms with Crippen molar-refractivity contribution in [1.29, 1.82) is 0 Å². The van der Waals surface area contributed by atoms with Crippen molar-refractivity contribution in [3.8, 4) is 5.69 Å². The van der Waals surface area contributed by atoms with Gasteiger partial charge >= 0.3 is 5.97 Å². The zero-order chi connectivity index (χ0) is 17.6. The van der Waals surface area contributed by atoms with Gasteiger partial charge in [0.1, 0.15) is 11.5 Å². The molecule has 0 atom stereocenters. The molecule has 2 aromatic heterocycles. The highest BCUT2D eigenvalue weighted by molar-refractivity contribution is 5.67. The predicted octanol–water partition coefficient (Wildman–Crippen LogP) is 2.60. The van der Waals surface area contributed by atoms with E-state index in [0.29, 0.717) is 13.0 Å². The summed E-state index contributed by atoms with van der Waals surface area (Å²) in [7, 11) is 0. The van der Waals surface area contributed by atoms with E-state index < -0.39 is 5.97 Å². The number of carbonyl (C=O) groups is 1. The summed E-state index contributed by atoms with van der Waals surface area (Å²) >= 11 is 0. The number of carboxylic acid groups (broad SMARTS) is 1. The van der Waals surface area contributed by atoms with Gasteiger partial charge < -0.3 is 10.4 Å². The van der Waals surface area contributed by atoms with Gasteiger partial charge in [-0.1, -0.05) is 17.3 Å². The smallest absolute Gasteiger partial charge is 0.303 e. The molecule has 128 valence electrons. The van der Waals surface area contributed by atoms with Crippen LogP contribution in [0.5, 0.6) is 0 Å². The molecule has 0 radical (unpaired) electrons. The highest BCUT2D eigenvalue weighted by atomic mass is 16.4. The number of aromatic nitrogens is 4. The van der Waals surface area contributed by atoms with Gasteiger partial charge in [-0.15, -0.1) is 5.10 Å². The first-order chi connectivity index (χ1) is 12.1. The average Bonchev–Trinajstić information content (AvgIpc) is 3.08. The fourth-order valence-corrected chi connectivity index (χ4v) is 2.39. The molecule has 0 fully saturated rings. The topological polar surface area (TPSA) is 92.9 Å². The van der Waals surface area contributed by atoms with Crippen LogP contribution in [0.3, 0.4) is 0 Å². The molecule has 1 aromatic carbocycles. The Balaban J connectivity index is 1.61. The monoisotopic (exact) mass is 337 g/mol. The molecular formula is C18H19N5O2. The Bertz CT molecular complexity index is 858. The second-order valence-electron chi connectivity index (χ2n) is 5.79. The maximum absolute atomic E-state index is 10.6. The van der Waals surface area contributed by atoms with Gasteiger partial charge in [0.2, 0.25) is 0 Å². The number of rotatable bonds is 7. The zero-order valence-corrected chi connectivity index (χ0v) is 13.9. The molecule has 0 saturated carbocycles. The summed E-state index contributed by atoms with van der Waals surface area (Å²) in [6, 6.07) is 11.6. The van der Waals surface area contributed by atoms with E-state index in [2.05, 4.69) is 20.6 Å². The molecule has 2 N–H and O–H groups in total.